The summed E-state index contributed by atoms with van der Waals surface area (Å²) in [5, 5.41) is 4.58. The summed E-state index contributed by atoms with van der Waals surface area (Å²) in [5.41, 5.74) is 2.60. The van der Waals surface area contributed by atoms with Gasteiger partial charge in [-0.1, -0.05) is 6.07 Å². The molecule has 6 nitrogen and oxygen atoms in total. The Bertz CT molecular complexity index is 784. The van der Waals surface area contributed by atoms with Crippen LogP contribution in [0.4, 0.5) is 0 Å². The molecule has 0 saturated carbocycles. The van der Waals surface area contributed by atoms with Crippen molar-refractivity contribution in [3.63, 3.8) is 0 Å². The standard InChI is InChI=1S/C21H28N4O2/c1-2-9-23(8-1)10-6-18-13-24(15-19-5-7-22-25(19)14-18)12-17-3-4-20-21(11-17)27-16-26-20/h3-5,7,11,18H,1-2,6,8-10,12-16H2. The molecule has 6 heteroatoms. The van der Waals surface area contributed by atoms with Crippen molar-refractivity contribution in [2.75, 3.05) is 33.0 Å². The van der Waals surface area contributed by atoms with E-state index in [-0.39, 0.29) is 0 Å². The summed E-state index contributed by atoms with van der Waals surface area (Å²) in [6.45, 7) is 8.15. The molecule has 0 N–H and O–H groups in total. The summed E-state index contributed by atoms with van der Waals surface area (Å²) in [7, 11) is 0. The van der Waals surface area contributed by atoms with Crippen LogP contribution in [0.5, 0.6) is 11.5 Å². The summed E-state index contributed by atoms with van der Waals surface area (Å²) in [6.07, 6.45) is 5.92. The fourth-order valence-corrected chi connectivity index (χ4v) is 4.59. The van der Waals surface area contributed by atoms with Gasteiger partial charge in [-0.15, -0.1) is 0 Å². The predicted molar refractivity (Wildman–Crippen MR) is 103 cm³/mol. The number of benzene rings is 1. The van der Waals surface area contributed by atoms with Gasteiger partial charge >= 0.3 is 0 Å². The molecule has 1 unspecified atom stereocenters. The molecular weight excluding hydrogens is 340 g/mol. The van der Waals surface area contributed by atoms with E-state index in [9.17, 15) is 0 Å². The van der Waals surface area contributed by atoms with Crippen molar-refractivity contribution in [3.05, 3.63) is 41.7 Å². The van der Waals surface area contributed by atoms with Crippen molar-refractivity contribution in [1.82, 2.24) is 19.6 Å². The first-order chi connectivity index (χ1) is 13.3. The van der Waals surface area contributed by atoms with Crippen LogP contribution in [-0.4, -0.2) is 52.6 Å². The lowest BCUT2D eigenvalue weighted by Crippen LogP contribution is -2.30. The third kappa shape index (κ3) is 3.82. The molecule has 0 bridgehead atoms. The van der Waals surface area contributed by atoms with Crippen LogP contribution in [-0.2, 0) is 19.6 Å². The molecule has 1 aromatic heterocycles. The Balaban J connectivity index is 1.29. The minimum atomic E-state index is 0.334. The number of ether oxygens (including phenoxy) is 2. The van der Waals surface area contributed by atoms with Gasteiger partial charge in [-0.3, -0.25) is 9.58 Å². The average molecular weight is 368 g/mol. The fraction of sp³-hybridized carbons (Fsp3) is 0.571. The molecule has 3 aliphatic heterocycles. The van der Waals surface area contributed by atoms with E-state index in [4.69, 9.17) is 9.47 Å². The van der Waals surface area contributed by atoms with Gasteiger partial charge in [0, 0.05) is 32.4 Å². The van der Waals surface area contributed by atoms with Crippen molar-refractivity contribution in [1.29, 1.82) is 0 Å². The third-order valence-corrected chi connectivity index (χ3v) is 6.03. The summed E-state index contributed by atoms with van der Waals surface area (Å²) < 4.78 is 13.2. The maximum absolute atomic E-state index is 5.55. The minimum absolute atomic E-state index is 0.334. The molecule has 0 radical (unpaired) electrons. The van der Waals surface area contributed by atoms with Gasteiger partial charge in [-0.25, -0.2) is 0 Å². The highest BCUT2D eigenvalue weighted by Gasteiger charge is 2.24. The lowest BCUT2D eigenvalue weighted by Gasteiger charge is -2.25. The Hall–Kier alpha value is -2.05. The lowest BCUT2D eigenvalue weighted by molar-refractivity contribution is 0.173. The first-order valence-electron chi connectivity index (χ1n) is 10.2. The summed E-state index contributed by atoms with van der Waals surface area (Å²) in [5.74, 6) is 2.37. The number of hydrogen-bond acceptors (Lipinski definition) is 5. The molecule has 144 valence electrons. The van der Waals surface area contributed by atoms with E-state index in [0.29, 0.717) is 12.7 Å². The van der Waals surface area contributed by atoms with Crippen LogP contribution < -0.4 is 9.47 Å². The molecule has 3 aliphatic rings. The molecular formula is C21H28N4O2. The Labute approximate surface area is 160 Å². The number of likely N-dealkylation sites (tertiary alicyclic amines) is 1. The molecule has 0 spiro atoms. The highest BCUT2D eigenvalue weighted by molar-refractivity contribution is 5.44. The molecule has 27 heavy (non-hydrogen) atoms. The van der Waals surface area contributed by atoms with Crippen LogP contribution in [0, 0.1) is 5.92 Å². The third-order valence-electron chi connectivity index (χ3n) is 6.03. The predicted octanol–water partition coefficient (Wildman–Crippen LogP) is 2.73. The van der Waals surface area contributed by atoms with E-state index < -0.39 is 0 Å². The van der Waals surface area contributed by atoms with Gasteiger partial charge < -0.3 is 14.4 Å². The normalized spacial score (nSPS) is 22.7. The zero-order valence-electron chi connectivity index (χ0n) is 15.8. The van der Waals surface area contributed by atoms with E-state index in [1.54, 1.807) is 0 Å². The van der Waals surface area contributed by atoms with E-state index in [2.05, 4.69) is 37.8 Å². The molecule has 2 aromatic rings. The van der Waals surface area contributed by atoms with Crippen molar-refractivity contribution < 1.29 is 9.47 Å². The smallest absolute Gasteiger partial charge is 0.231 e. The first-order valence-corrected chi connectivity index (χ1v) is 10.2. The molecule has 1 atom stereocenters. The maximum Gasteiger partial charge on any atom is 0.231 e. The molecule has 1 saturated heterocycles. The van der Waals surface area contributed by atoms with Gasteiger partial charge in [0.05, 0.1) is 5.69 Å². The van der Waals surface area contributed by atoms with Gasteiger partial charge in [0.2, 0.25) is 6.79 Å². The maximum atomic E-state index is 5.55. The summed E-state index contributed by atoms with van der Waals surface area (Å²) in [4.78, 5) is 5.18. The number of nitrogens with zero attached hydrogens (tertiary/aromatic N) is 4. The van der Waals surface area contributed by atoms with Gasteiger partial charge in [0.25, 0.3) is 0 Å². The zero-order valence-corrected chi connectivity index (χ0v) is 15.8. The minimum Gasteiger partial charge on any atom is -0.454 e. The van der Waals surface area contributed by atoms with Gasteiger partial charge in [0.1, 0.15) is 0 Å². The van der Waals surface area contributed by atoms with Crippen molar-refractivity contribution in [2.45, 2.75) is 38.9 Å². The molecule has 0 amide bonds. The topological polar surface area (TPSA) is 42.8 Å². The second-order valence-electron chi connectivity index (χ2n) is 8.07. The Kier molecular flexibility index (Phi) is 4.76. The van der Waals surface area contributed by atoms with Crippen LogP contribution in [0.2, 0.25) is 0 Å². The Morgan fingerprint density at radius 3 is 2.81 bits per heavy atom. The fourth-order valence-electron chi connectivity index (χ4n) is 4.59. The van der Waals surface area contributed by atoms with Gasteiger partial charge in [0.15, 0.2) is 11.5 Å². The molecule has 1 aromatic carbocycles. The van der Waals surface area contributed by atoms with Crippen LogP contribution in [0.1, 0.15) is 30.5 Å². The molecule has 0 aliphatic carbocycles. The number of rotatable bonds is 5. The molecule has 5 rings (SSSR count). The van der Waals surface area contributed by atoms with Crippen molar-refractivity contribution in [3.8, 4) is 11.5 Å². The average Bonchev–Trinajstić information content (AvgIpc) is 3.41. The van der Waals surface area contributed by atoms with Crippen LogP contribution in [0.25, 0.3) is 0 Å². The van der Waals surface area contributed by atoms with Gasteiger partial charge in [-0.05, 0) is 68.6 Å². The Morgan fingerprint density at radius 1 is 1.00 bits per heavy atom. The number of hydrogen-bond donors (Lipinski definition) is 0. The highest BCUT2D eigenvalue weighted by atomic mass is 16.7. The van der Waals surface area contributed by atoms with E-state index in [1.807, 2.05) is 12.3 Å². The van der Waals surface area contributed by atoms with Crippen LogP contribution >= 0.6 is 0 Å². The summed E-state index contributed by atoms with van der Waals surface area (Å²) >= 11 is 0. The van der Waals surface area contributed by atoms with Crippen LogP contribution in [0.3, 0.4) is 0 Å². The number of aromatic nitrogens is 2. The molecule has 4 heterocycles. The first kappa shape index (κ1) is 17.1. The molecule has 1 fully saturated rings. The van der Waals surface area contributed by atoms with E-state index in [0.717, 1.165) is 37.7 Å². The monoisotopic (exact) mass is 368 g/mol. The Morgan fingerprint density at radius 2 is 1.89 bits per heavy atom. The van der Waals surface area contributed by atoms with Gasteiger partial charge in [-0.2, -0.15) is 5.10 Å². The second kappa shape index (κ2) is 7.52. The van der Waals surface area contributed by atoms with E-state index in [1.165, 1.54) is 50.2 Å². The number of fused-ring (bicyclic) bond motifs is 2. The largest absolute Gasteiger partial charge is 0.454 e. The van der Waals surface area contributed by atoms with Crippen LogP contribution in [0.15, 0.2) is 30.5 Å². The van der Waals surface area contributed by atoms with Crippen molar-refractivity contribution in [2.24, 2.45) is 5.92 Å². The lowest BCUT2D eigenvalue weighted by atomic mass is 10.0. The SMILES string of the molecule is c1cc2n(n1)CC(CCN1CCCC1)CN(Cc1ccc3c(c1)OCO3)C2. The zero-order chi connectivity index (χ0) is 18.1. The van der Waals surface area contributed by atoms with E-state index >= 15 is 0 Å². The highest BCUT2D eigenvalue weighted by Crippen LogP contribution is 2.33. The summed E-state index contributed by atoms with van der Waals surface area (Å²) in [6, 6.07) is 8.48. The van der Waals surface area contributed by atoms with Crippen molar-refractivity contribution >= 4 is 0 Å². The quantitative estimate of drug-likeness (QED) is 0.812. The second-order valence-corrected chi connectivity index (χ2v) is 8.07.